The van der Waals surface area contributed by atoms with Crippen molar-refractivity contribution < 1.29 is 14.3 Å². The molecule has 1 aromatic carbocycles. The fourth-order valence-electron chi connectivity index (χ4n) is 3.78. The number of aromatic nitrogens is 4. The van der Waals surface area contributed by atoms with Crippen molar-refractivity contribution in [1.29, 1.82) is 0 Å². The number of carbonyl (C=O) groups excluding carboxylic acids is 1. The van der Waals surface area contributed by atoms with Crippen LogP contribution in [0.25, 0.3) is 11.6 Å². The molecule has 1 unspecified atom stereocenters. The van der Waals surface area contributed by atoms with Gasteiger partial charge in [0.1, 0.15) is 5.82 Å². The first-order valence-corrected chi connectivity index (χ1v) is 9.72. The van der Waals surface area contributed by atoms with E-state index in [9.17, 15) is 4.79 Å². The number of benzene rings is 1. The van der Waals surface area contributed by atoms with Gasteiger partial charge in [0.05, 0.1) is 20.3 Å². The predicted molar refractivity (Wildman–Crippen MR) is 112 cm³/mol. The van der Waals surface area contributed by atoms with Crippen LogP contribution in [0.2, 0.25) is 0 Å². The van der Waals surface area contributed by atoms with Gasteiger partial charge in [-0.1, -0.05) is 6.92 Å². The van der Waals surface area contributed by atoms with E-state index in [1.165, 1.54) is 0 Å². The normalized spacial score (nSPS) is 15.3. The zero-order valence-corrected chi connectivity index (χ0v) is 17.6. The van der Waals surface area contributed by atoms with Crippen LogP contribution in [0.15, 0.2) is 30.6 Å². The van der Waals surface area contributed by atoms with Gasteiger partial charge in [-0.15, -0.1) is 0 Å². The number of hydrogen-bond acceptors (Lipinski definition) is 7. The molecule has 2 aromatic heterocycles. The maximum absolute atomic E-state index is 13.5. The molecule has 0 radical (unpaired) electrons. The van der Waals surface area contributed by atoms with Gasteiger partial charge in [0, 0.05) is 29.2 Å². The summed E-state index contributed by atoms with van der Waals surface area (Å²) in [6.07, 6.45) is 4.00. The first kappa shape index (κ1) is 19.8. The van der Waals surface area contributed by atoms with E-state index >= 15 is 0 Å². The number of amides is 1. The van der Waals surface area contributed by atoms with Crippen molar-refractivity contribution in [2.75, 3.05) is 19.1 Å². The van der Waals surface area contributed by atoms with Crippen molar-refractivity contribution in [2.45, 2.75) is 33.2 Å². The Morgan fingerprint density at radius 2 is 1.67 bits per heavy atom. The molecule has 4 rings (SSSR count). The molecule has 30 heavy (non-hydrogen) atoms. The van der Waals surface area contributed by atoms with Crippen molar-refractivity contribution in [3.05, 3.63) is 53.0 Å². The monoisotopic (exact) mass is 405 g/mol. The number of fused-ring (bicyclic) bond motifs is 1. The van der Waals surface area contributed by atoms with E-state index in [1.807, 2.05) is 26.8 Å². The van der Waals surface area contributed by atoms with Crippen LogP contribution in [0.1, 0.15) is 46.6 Å². The van der Waals surface area contributed by atoms with Gasteiger partial charge in [0.15, 0.2) is 23.1 Å². The molecule has 0 saturated carbocycles. The lowest BCUT2D eigenvalue weighted by Crippen LogP contribution is -2.29. The molecule has 1 amide bonds. The molecule has 0 N–H and O–H groups in total. The molecule has 0 fully saturated rings. The van der Waals surface area contributed by atoms with Gasteiger partial charge in [-0.2, -0.15) is 0 Å². The number of carbonyl (C=O) groups is 1. The lowest BCUT2D eigenvalue weighted by molar-refractivity contribution is 0.0989. The maximum atomic E-state index is 13.5. The van der Waals surface area contributed by atoms with E-state index in [0.717, 1.165) is 16.8 Å². The van der Waals surface area contributed by atoms with E-state index in [2.05, 4.69) is 15.0 Å². The number of ether oxygens (including phenoxy) is 2. The predicted octanol–water partition coefficient (Wildman–Crippen LogP) is 3.68. The smallest absolute Gasteiger partial charge is 0.260 e. The minimum atomic E-state index is -0.176. The first-order chi connectivity index (χ1) is 14.5. The summed E-state index contributed by atoms with van der Waals surface area (Å²) in [5, 5.41) is 0. The molecule has 1 aliphatic rings. The minimum absolute atomic E-state index is 0.126. The van der Waals surface area contributed by atoms with E-state index in [-0.39, 0.29) is 11.9 Å². The summed E-state index contributed by atoms with van der Waals surface area (Å²) in [4.78, 5) is 33.0. The second kappa shape index (κ2) is 7.70. The highest BCUT2D eigenvalue weighted by atomic mass is 16.5. The van der Waals surface area contributed by atoms with E-state index in [1.54, 1.807) is 43.6 Å². The Kier molecular flexibility index (Phi) is 5.07. The van der Waals surface area contributed by atoms with Gasteiger partial charge in [-0.05, 0) is 44.0 Å². The summed E-state index contributed by atoms with van der Waals surface area (Å²) in [5.74, 6) is 2.37. The van der Waals surface area contributed by atoms with Crippen LogP contribution in [-0.2, 0) is 0 Å². The van der Waals surface area contributed by atoms with Crippen LogP contribution >= 0.6 is 0 Å². The average molecular weight is 405 g/mol. The summed E-state index contributed by atoms with van der Waals surface area (Å²) in [7, 11) is 3.15. The van der Waals surface area contributed by atoms with Crippen LogP contribution in [-0.4, -0.2) is 40.1 Å². The molecule has 154 valence electrons. The molecule has 1 atom stereocenters. The van der Waals surface area contributed by atoms with Crippen molar-refractivity contribution in [3.8, 4) is 23.1 Å². The third kappa shape index (κ3) is 3.04. The summed E-state index contributed by atoms with van der Waals surface area (Å²) in [6.45, 7) is 5.86. The Labute approximate surface area is 174 Å². The van der Waals surface area contributed by atoms with E-state index < -0.39 is 0 Å². The van der Waals surface area contributed by atoms with Gasteiger partial charge in [0.2, 0.25) is 0 Å². The fourth-order valence-corrected chi connectivity index (χ4v) is 3.78. The van der Waals surface area contributed by atoms with Gasteiger partial charge >= 0.3 is 0 Å². The topological polar surface area (TPSA) is 90.3 Å². The third-order valence-electron chi connectivity index (χ3n) is 5.42. The molecule has 1 aliphatic heterocycles. The molecule has 0 spiro atoms. The van der Waals surface area contributed by atoms with Crippen LogP contribution in [0.5, 0.6) is 11.5 Å². The highest BCUT2D eigenvalue weighted by Crippen LogP contribution is 2.44. The lowest BCUT2D eigenvalue weighted by Gasteiger charge is -2.25. The molecule has 0 bridgehead atoms. The summed E-state index contributed by atoms with van der Waals surface area (Å²) in [6, 6.07) is 5.18. The number of hydrogen-bond donors (Lipinski definition) is 0. The SMILES string of the molecule is CCC1c2cc(OC)c(OC)cc2C(=O)N1c1nc(-c2ncccn2)nc(C)c1C. The maximum Gasteiger partial charge on any atom is 0.260 e. The summed E-state index contributed by atoms with van der Waals surface area (Å²) in [5.41, 5.74) is 3.10. The van der Waals surface area contributed by atoms with Crippen LogP contribution in [0.4, 0.5) is 5.82 Å². The highest BCUT2D eigenvalue weighted by Gasteiger charge is 2.40. The number of methoxy groups -OCH3 is 2. The molecule has 3 aromatic rings. The first-order valence-electron chi connectivity index (χ1n) is 9.72. The molecule has 8 heteroatoms. The Morgan fingerprint density at radius 3 is 2.30 bits per heavy atom. The zero-order chi connectivity index (χ0) is 21.4. The minimum Gasteiger partial charge on any atom is -0.493 e. The Morgan fingerprint density at radius 1 is 1.00 bits per heavy atom. The standard InChI is InChI=1S/C22H23N5O3/c1-6-16-14-10-17(29-4)18(30-5)11-15(14)22(28)27(16)21-12(2)13(3)25-20(26-21)19-23-8-7-9-24-19/h7-11,16H,6H2,1-5H3. The van der Waals surface area contributed by atoms with Crippen molar-refractivity contribution >= 4 is 11.7 Å². The second-order valence-electron chi connectivity index (χ2n) is 7.05. The molecule has 3 heterocycles. The number of rotatable bonds is 5. The summed E-state index contributed by atoms with van der Waals surface area (Å²) >= 11 is 0. The average Bonchev–Trinajstić information content (AvgIpc) is 3.05. The van der Waals surface area contributed by atoms with Crippen LogP contribution in [0, 0.1) is 13.8 Å². The van der Waals surface area contributed by atoms with Gasteiger partial charge in [-0.25, -0.2) is 19.9 Å². The van der Waals surface area contributed by atoms with Gasteiger partial charge in [-0.3, -0.25) is 9.69 Å². The summed E-state index contributed by atoms with van der Waals surface area (Å²) < 4.78 is 10.9. The van der Waals surface area contributed by atoms with Crippen molar-refractivity contribution in [1.82, 2.24) is 19.9 Å². The third-order valence-corrected chi connectivity index (χ3v) is 5.42. The van der Waals surface area contributed by atoms with Crippen molar-refractivity contribution in [3.63, 3.8) is 0 Å². The molecular formula is C22H23N5O3. The zero-order valence-electron chi connectivity index (χ0n) is 17.6. The molecule has 8 nitrogen and oxygen atoms in total. The van der Waals surface area contributed by atoms with Crippen molar-refractivity contribution in [2.24, 2.45) is 0 Å². The number of nitrogens with zero attached hydrogens (tertiary/aromatic N) is 5. The molecular weight excluding hydrogens is 382 g/mol. The van der Waals surface area contributed by atoms with E-state index in [4.69, 9.17) is 14.5 Å². The van der Waals surface area contributed by atoms with Crippen LogP contribution in [0.3, 0.4) is 0 Å². The Balaban J connectivity index is 1.88. The quantitative estimate of drug-likeness (QED) is 0.639. The van der Waals surface area contributed by atoms with Gasteiger partial charge < -0.3 is 9.47 Å². The number of aryl methyl sites for hydroxylation is 1. The Hall–Kier alpha value is -3.55. The Bertz CT molecular complexity index is 1120. The lowest BCUT2D eigenvalue weighted by atomic mass is 10.0. The molecule has 0 saturated heterocycles. The fraction of sp³-hybridized carbons (Fsp3) is 0.318. The molecule has 0 aliphatic carbocycles. The highest BCUT2D eigenvalue weighted by molar-refractivity contribution is 6.11. The van der Waals surface area contributed by atoms with E-state index in [0.29, 0.717) is 40.9 Å². The van der Waals surface area contributed by atoms with Gasteiger partial charge in [0.25, 0.3) is 5.91 Å². The van der Waals surface area contributed by atoms with Crippen LogP contribution < -0.4 is 14.4 Å². The number of anilines is 1. The second-order valence-corrected chi connectivity index (χ2v) is 7.05. The largest absolute Gasteiger partial charge is 0.493 e.